The molecule has 0 amide bonds. The van der Waals surface area contributed by atoms with Crippen LogP contribution in [-0.4, -0.2) is 31.9 Å². The number of rotatable bonds is 4. The van der Waals surface area contributed by atoms with Crippen molar-refractivity contribution in [1.82, 2.24) is 4.31 Å². The van der Waals surface area contributed by atoms with E-state index in [0.29, 0.717) is 24.2 Å². The lowest BCUT2D eigenvalue weighted by atomic mass is 10.1. The summed E-state index contributed by atoms with van der Waals surface area (Å²) in [6.07, 6.45) is 2.74. The van der Waals surface area contributed by atoms with Crippen LogP contribution < -0.4 is 5.73 Å². The first-order chi connectivity index (χ1) is 9.56. The summed E-state index contributed by atoms with van der Waals surface area (Å²) in [5.74, 6) is -0.0704. The SMILES string of the molecule is N#Cc1cccc(CS(=O)(=O)N2CCCCC2CN)c1. The van der Waals surface area contributed by atoms with Gasteiger partial charge in [0, 0.05) is 19.1 Å². The predicted molar refractivity (Wildman–Crippen MR) is 77.2 cm³/mol. The lowest BCUT2D eigenvalue weighted by Crippen LogP contribution is -2.47. The van der Waals surface area contributed by atoms with E-state index >= 15 is 0 Å². The van der Waals surface area contributed by atoms with E-state index in [0.717, 1.165) is 19.3 Å². The van der Waals surface area contributed by atoms with Gasteiger partial charge in [0.2, 0.25) is 10.0 Å². The van der Waals surface area contributed by atoms with Gasteiger partial charge in [0.15, 0.2) is 0 Å². The molecule has 1 aliphatic heterocycles. The van der Waals surface area contributed by atoms with Gasteiger partial charge >= 0.3 is 0 Å². The molecule has 20 heavy (non-hydrogen) atoms. The van der Waals surface area contributed by atoms with Crippen LogP contribution in [0.5, 0.6) is 0 Å². The number of nitriles is 1. The van der Waals surface area contributed by atoms with Gasteiger partial charge in [-0.05, 0) is 30.5 Å². The Hall–Kier alpha value is -1.42. The number of nitrogens with two attached hydrogens (primary N) is 1. The molecular formula is C14H19N3O2S. The fourth-order valence-electron chi connectivity index (χ4n) is 2.60. The summed E-state index contributed by atoms with van der Waals surface area (Å²) in [6.45, 7) is 0.902. The highest BCUT2D eigenvalue weighted by molar-refractivity contribution is 7.88. The van der Waals surface area contributed by atoms with Crippen LogP contribution >= 0.6 is 0 Å². The van der Waals surface area contributed by atoms with Crippen LogP contribution in [0.15, 0.2) is 24.3 Å². The zero-order chi connectivity index (χ0) is 14.6. The monoisotopic (exact) mass is 293 g/mol. The molecule has 0 saturated carbocycles. The van der Waals surface area contributed by atoms with E-state index in [1.165, 1.54) is 4.31 Å². The van der Waals surface area contributed by atoms with Crippen LogP contribution in [-0.2, 0) is 15.8 Å². The van der Waals surface area contributed by atoms with Gasteiger partial charge in [0.25, 0.3) is 0 Å². The molecule has 0 radical (unpaired) electrons. The van der Waals surface area contributed by atoms with E-state index in [-0.39, 0.29) is 11.8 Å². The molecule has 108 valence electrons. The second-order valence-corrected chi connectivity index (χ2v) is 6.99. The molecular weight excluding hydrogens is 274 g/mol. The van der Waals surface area contributed by atoms with Gasteiger partial charge in [-0.25, -0.2) is 8.42 Å². The maximum absolute atomic E-state index is 12.5. The summed E-state index contributed by atoms with van der Waals surface area (Å²) in [5.41, 5.74) is 6.80. The molecule has 1 saturated heterocycles. The van der Waals surface area contributed by atoms with Gasteiger partial charge in [-0.2, -0.15) is 9.57 Å². The second kappa shape index (κ2) is 6.35. The van der Waals surface area contributed by atoms with Crippen LogP contribution in [0.25, 0.3) is 0 Å². The molecule has 1 aliphatic rings. The third kappa shape index (κ3) is 3.37. The smallest absolute Gasteiger partial charge is 0.218 e. The summed E-state index contributed by atoms with van der Waals surface area (Å²) >= 11 is 0. The fourth-order valence-corrected chi connectivity index (χ4v) is 4.42. The Morgan fingerprint density at radius 3 is 2.90 bits per heavy atom. The minimum Gasteiger partial charge on any atom is -0.329 e. The summed E-state index contributed by atoms with van der Waals surface area (Å²) in [4.78, 5) is 0. The van der Waals surface area contributed by atoms with Gasteiger partial charge in [-0.3, -0.25) is 0 Å². The topological polar surface area (TPSA) is 87.2 Å². The molecule has 1 heterocycles. The average molecular weight is 293 g/mol. The van der Waals surface area contributed by atoms with Gasteiger partial charge in [-0.15, -0.1) is 0 Å². The van der Waals surface area contributed by atoms with E-state index in [4.69, 9.17) is 11.0 Å². The highest BCUT2D eigenvalue weighted by Gasteiger charge is 2.31. The Morgan fingerprint density at radius 1 is 1.40 bits per heavy atom. The van der Waals surface area contributed by atoms with E-state index in [9.17, 15) is 8.42 Å². The van der Waals surface area contributed by atoms with Crippen molar-refractivity contribution >= 4 is 10.0 Å². The van der Waals surface area contributed by atoms with Crippen LogP contribution in [0.4, 0.5) is 0 Å². The minimum absolute atomic E-state index is 0.0704. The molecule has 1 atom stereocenters. The van der Waals surface area contributed by atoms with Gasteiger partial charge in [0.1, 0.15) is 0 Å². The fraction of sp³-hybridized carbons (Fsp3) is 0.500. The first kappa shape index (κ1) is 15.0. The highest BCUT2D eigenvalue weighted by Crippen LogP contribution is 2.22. The van der Waals surface area contributed by atoms with Crippen molar-refractivity contribution in [1.29, 1.82) is 5.26 Å². The van der Waals surface area contributed by atoms with Crippen molar-refractivity contribution in [3.05, 3.63) is 35.4 Å². The van der Waals surface area contributed by atoms with E-state index in [1.807, 2.05) is 6.07 Å². The lowest BCUT2D eigenvalue weighted by Gasteiger charge is -2.33. The van der Waals surface area contributed by atoms with Crippen LogP contribution in [0.2, 0.25) is 0 Å². The normalized spacial score (nSPS) is 20.5. The highest BCUT2D eigenvalue weighted by atomic mass is 32.2. The Balaban J connectivity index is 2.19. The number of hydrogen-bond acceptors (Lipinski definition) is 4. The molecule has 0 aromatic heterocycles. The van der Waals surface area contributed by atoms with Crippen molar-refractivity contribution in [3.63, 3.8) is 0 Å². The predicted octanol–water partition coefficient (Wildman–Crippen LogP) is 1.20. The minimum atomic E-state index is -3.38. The maximum Gasteiger partial charge on any atom is 0.218 e. The molecule has 5 nitrogen and oxygen atoms in total. The molecule has 1 aromatic rings. The summed E-state index contributed by atoms with van der Waals surface area (Å²) in [5, 5.41) is 8.86. The zero-order valence-corrected chi connectivity index (χ0v) is 12.1. The third-order valence-electron chi connectivity index (χ3n) is 3.61. The van der Waals surface area contributed by atoms with Crippen molar-refractivity contribution in [2.75, 3.05) is 13.1 Å². The Morgan fingerprint density at radius 2 is 2.20 bits per heavy atom. The number of hydrogen-bond donors (Lipinski definition) is 1. The first-order valence-electron chi connectivity index (χ1n) is 6.75. The Kier molecular flexibility index (Phi) is 4.76. The van der Waals surface area contributed by atoms with Crippen LogP contribution in [0.3, 0.4) is 0 Å². The maximum atomic E-state index is 12.5. The van der Waals surface area contributed by atoms with Crippen molar-refractivity contribution in [2.24, 2.45) is 5.73 Å². The summed E-state index contributed by atoms with van der Waals surface area (Å²) < 4.78 is 26.6. The van der Waals surface area contributed by atoms with Gasteiger partial charge in [-0.1, -0.05) is 18.6 Å². The van der Waals surface area contributed by atoms with Crippen LogP contribution in [0, 0.1) is 11.3 Å². The molecule has 1 aromatic carbocycles. The number of nitrogens with zero attached hydrogens (tertiary/aromatic N) is 2. The Bertz CT molecular complexity index is 607. The van der Waals surface area contributed by atoms with Crippen LogP contribution in [0.1, 0.15) is 30.4 Å². The number of sulfonamides is 1. The van der Waals surface area contributed by atoms with E-state index < -0.39 is 10.0 Å². The second-order valence-electron chi connectivity index (χ2n) is 5.06. The molecule has 0 bridgehead atoms. The lowest BCUT2D eigenvalue weighted by molar-refractivity contribution is 0.257. The largest absolute Gasteiger partial charge is 0.329 e. The molecule has 6 heteroatoms. The van der Waals surface area contributed by atoms with Crippen molar-refractivity contribution in [3.8, 4) is 6.07 Å². The molecule has 0 aliphatic carbocycles. The standard InChI is InChI=1S/C14H19N3O2S/c15-9-12-4-3-5-13(8-12)11-20(18,19)17-7-2-1-6-14(17)10-16/h3-5,8,14H,1-2,6-7,10-11,16H2. The number of piperidine rings is 1. The zero-order valence-electron chi connectivity index (χ0n) is 11.3. The molecule has 1 unspecified atom stereocenters. The summed E-state index contributed by atoms with van der Waals surface area (Å²) in [7, 11) is -3.38. The Labute approximate surface area is 120 Å². The van der Waals surface area contributed by atoms with Gasteiger partial charge in [0.05, 0.1) is 17.4 Å². The quantitative estimate of drug-likeness (QED) is 0.903. The first-order valence-corrected chi connectivity index (χ1v) is 8.36. The number of benzene rings is 1. The molecule has 1 fully saturated rings. The van der Waals surface area contributed by atoms with E-state index in [2.05, 4.69) is 0 Å². The molecule has 0 spiro atoms. The third-order valence-corrected chi connectivity index (χ3v) is 5.50. The van der Waals surface area contributed by atoms with Gasteiger partial charge < -0.3 is 5.73 Å². The summed E-state index contributed by atoms with van der Waals surface area (Å²) in [6, 6.07) is 8.67. The van der Waals surface area contributed by atoms with Crippen molar-refractivity contribution < 1.29 is 8.42 Å². The van der Waals surface area contributed by atoms with Crippen molar-refractivity contribution in [2.45, 2.75) is 31.1 Å². The molecule has 2 rings (SSSR count). The average Bonchev–Trinajstić information content (AvgIpc) is 2.47. The van der Waals surface area contributed by atoms with E-state index in [1.54, 1.807) is 24.3 Å². The molecule has 2 N–H and O–H groups in total.